The number of amides is 2. The molecule has 0 radical (unpaired) electrons. The molecule has 7 heteroatoms. The van der Waals surface area contributed by atoms with Crippen LogP contribution in [0.4, 0.5) is 8.78 Å². The fourth-order valence-corrected chi connectivity index (χ4v) is 3.79. The fourth-order valence-electron chi connectivity index (χ4n) is 3.79. The van der Waals surface area contributed by atoms with Crippen molar-refractivity contribution < 1.29 is 23.2 Å². The maximum Gasteiger partial charge on any atom is 0.289 e. The molecule has 2 amide bonds. The highest BCUT2D eigenvalue weighted by molar-refractivity contribution is 6.35. The highest BCUT2D eigenvalue weighted by atomic mass is 19.1. The van der Waals surface area contributed by atoms with E-state index in [1.807, 2.05) is 0 Å². The average Bonchev–Trinajstić information content (AvgIpc) is 2.81. The maximum absolute atomic E-state index is 13.3. The molecule has 2 heterocycles. The van der Waals surface area contributed by atoms with Gasteiger partial charge in [-0.2, -0.15) is 0 Å². The maximum atomic E-state index is 13.3. The van der Waals surface area contributed by atoms with Gasteiger partial charge in [0.15, 0.2) is 0 Å². The summed E-state index contributed by atoms with van der Waals surface area (Å²) in [6.07, 6.45) is 1.66. The fraction of sp³-hybridized carbons (Fsp3) is 0.500. The summed E-state index contributed by atoms with van der Waals surface area (Å²) in [5.41, 5.74) is 0.198. The topological polar surface area (TPSA) is 57.7 Å². The van der Waals surface area contributed by atoms with Crippen LogP contribution in [-0.2, 0) is 20.9 Å². The minimum absolute atomic E-state index is 0.0454. The zero-order valence-electron chi connectivity index (χ0n) is 14.1. The molecule has 0 aliphatic carbocycles. The normalized spacial score (nSPS) is 19.6. The van der Waals surface area contributed by atoms with Crippen LogP contribution >= 0.6 is 0 Å². The lowest BCUT2D eigenvalue weighted by molar-refractivity contribution is -0.145. The molecule has 2 saturated heterocycles. The van der Waals surface area contributed by atoms with Crippen molar-refractivity contribution in [3.8, 4) is 0 Å². The van der Waals surface area contributed by atoms with Gasteiger partial charge in [0.05, 0.1) is 0 Å². The summed E-state index contributed by atoms with van der Waals surface area (Å²) in [7, 11) is 0. The first-order chi connectivity index (χ1) is 11.8. The van der Waals surface area contributed by atoms with E-state index in [1.54, 1.807) is 4.90 Å². The van der Waals surface area contributed by atoms with Crippen molar-refractivity contribution in [1.82, 2.24) is 9.80 Å². The standard InChI is InChI=1S/C18H20F2N2O3/c1-12(23)17(25)21-4-2-18(3-5-21)9-16(24)22(11-18)10-13-6-14(19)8-15(20)7-13/h6-8H,2-5,9-11H2,1H3. The summed E-state index contributed by atoms with van der Waals surface area (Å²) in [6.45, 7) is 2.84. The molecular weight excluding hydrogens is 330 g/mol. The first kappa shape index (κ1) is 17.5. The second-order valence-corrected chi connectivity index (χ2v) is 7.05. The summed E-state index contributed by atoms with van der Waals surface area (Å²) in [4.78, 5) is 38.5. The summed E-state index contributed by atoms with van der Waals surface area (Å²) >= 11 is 0. The molecular formula is C18H20F2N2O3. The van der Waals surface area contributed by atoms with Crippen LogP contribution in [-0.4, -0.2) is 47.0 Å². The molecule has 0 unspecified atom stereocenters. The Morgan fingerprint density at radius 1 is 1.12 bits per heavy atom. The van der Waals surface area contributed by atoms with Gasteiger partial charge in [-0.1, -0.05) is 0 Å². The lowest BCUT2D eigenvalue weighted by atomic mass is 9.77. The third-order valence-electron chi connectivity index (χ3n) is 5.11. The number of likely N-dealkylation sites (tertiary alicyclic amines) is 2. The van der Waals surface area contributed by atoms with E-state index in [2.05, 4.69) is 0 Å². The first-order valence-corrected chi connectivity index (χ1v) is 8.31. The smallest absolute Gasteiger partial charge is 0.289 e. The van der Waals surface area contributed by atoms with Crippen LogP contribution in [0.3, 0.4) is 0 Å². The van der Waals surface area contributed by atoms with Crippen LogP contribution in [0, 0.1) is 17.0 Å². The summed E-state index contributed by atoms with van der Waals surface area (Å²) in [5, 5.41) is 0. The van der Waals surface area contributed by atoms with Gasteiger partial charge in [-0.3, -0.25) is 14.4 Å². The molecule has 25 heavy (non-hydrogen) atoms. The summed E-state index contributed by atoms with van der Waals surface area (Å²) in [5.74, 6) is -2.32. The highest BCUT2D eigenvalue weighted by Gasteiger charge is 2.45. The van der Waals surface area contributed by atoms with Crippen LogP contribution in [0.15, 0.2) is 18.2 Å². The van der Waals surface area contributed by atoms with Crippen molar-refractivity contribution >= 4 is 17.6 Å². The molecule has 0 aromatic heterocycles. The Kier molecular flexibility index (Phi) is 4.58. The van der Waals surface area contributed by atoms with E-state index in [4.69, 9.17) is 0 Å². The van der Waals surface area contributed by atoms with Crippen molar-refractivity contribution in [2.24, 2.45) is 5.41 Å². The zero-order valence-corrected chi connectivity index (χ0v) is 14.1. The van der Waals surface area contributed by atoms with Crippen LogP contribution in [0.1, 0.15) is 31.7 Å². The molecule has 2 aliphatic heterocycles. The second-order valence-electron chi connectivity index (χ2n) is 7.05. The Morgan fingerprint density at radius 3 is 2.28 bits per heavy atom. The van der Waals surface area contributed by atoms with E-state index in [1.165, 1.54) is 24.0 Å². The average molecular weight is 350 g/mol. The second kappa shape index (κ2) is 6.54. The number of ketones is 1. The van der Waals surface area contributed by atoms with E-state index in [0.29, 0.717) is 44.5 Å². The third kappa shape index (κ3) is 3.70. The van der Waals surface area contributed by atoms with Gasteiger partial charge in [-0.15, -0.1) is 0 Å². The van der Waals surface area contributed by atoms with Crippen LogP contribution in [0.25, 0.3) is 0 Å². The van der Waals surface area contributed by atoms with Crippen LogP contribution in [0.5, 0.6) is 0 Å². The summed E-state index contributed by atoms with van der Waals surface area (Å²) < 4.78 is 26.6. The van der Waals surface area contributed by atoms with Gasteiger partial charge < -0.3 is 9.80 Å². The number of carbonyl (C=O) groups excluding carboxylic acids is 3. The number of rotatable bonds is 3. The first-order valence-electron chi connectivity index (χ1n) is 8.31. The predicted octanol–water partition coefficient (Wildman–Crippen LogP) is 1.89. The third-order valence-corrected chi connectivity index (χ3v) is 5.11. The highest BCUT2D eigenvalue weighted by Crippen LogP contribution is 2.41. The van der Waals surface area contributed by atoms with E-state index in [-0.39, 0.29) is 17.9 Å². The van der Waals surface area contributed by atoms with Gasteiger partial charge in [0.1, 0.15) is 11.6 Å². The van der Waals surface area contributed by atoms with Gasteiger partial charge in [0.2, 0.25) is 11.7 Å². The minimum atomic E-state index is -0.660. The molecule has 2 fully saturated rings. The van der Waals surface area contributed by atoms with E-state index in [9.17, 15) is 23.2 Å². The lowest BCUT2D eigenvalue weighted by Crippen LogP contribution is -2.46. The van der Waals surface area contributed by atoms with Gasteiger partial charge in [-0.05, 0) is 30.5 Å². The molecule has 3 rings (SSSR count). The van der Waals surface area contributed by atoms with Gasteiger partial charge in [0.25, 0.3) is 5.91 Å². The van der Waals surface area contributed by atoms with Crippen LogP contribution < -0.4 is 0 Å². The molecule has 0 atom stereocenters. The predicted molar refractivity (Wildman–Crippen MR) is 85.3 cm³/mol. The zero-order chi connectivity index (χ0) is 18.2. The quantitative estimate of drug-likeness (QED) is 0.783. The van der Waals surface area contributed by atoms with E-state index in [0.717, 1.165) is 6.07 Å². The van der Waals surface area contributed by atoms with E-state index >= 15 is 0 Å². The van der Waals surface area contributed by atoms with Crippen molar-refractivity contribution in [1.29, 1.82) is 0 Å². The van der Waals surface area contributed by atoms with Crippen molar-refractivity contribution in [3.63, 3.8) is 0 Å². The lowest BCUT2D eigenvalue weighted by Gasteiger charge is -2.38. The largest absolute Gasteiger partial charge is 0.338 e. The molecule has 0 bridgehead atoms. The van der Waals surface area contributed by atoms with Gasteiger partial charge >= 0.3 is 0 Å². The van der Waals surface area contributed by atoms with Crippen molar-refractivity contribution in [2.45, 2.75) is 32.7 Å². The molecule has 1 aromatic carbocycles. The van der Waals surface area contributed by atoms with Crippen LogP contribution in [0.2, 0.25) is 0 Å². The van der Waals surface area contributed by atoms with Crippen molar-refractivity contribution in [3.05, 3.63) is 35.4 Å². The Labute approximate surface area is 144 Å². The molecule has 134 valence electrons. The Bertz CT molecular complexity index is 707. The van der Waals surface area contributed by atoms with Gasteiger partial charge in [-0.25, -0.2) is 8.78 Å². The van der Waals surface area contributed by atoms with Crippen molar-refractivity contribution in [2.75, 3.05) is 19.6 Å². The van der Waals surface area contributed by atoms with Gasteiger partial charge in [0, 0.05) is 51.0 Å². The van der Waals surface area contributed by atoms with E-state index < -0.39 is 23.3 Å². The Balaban J connectivity index is 1.65. The number of carbonyl (C=O) groups is 3. The number of piperidine rings is 1. The number of Topliss-reactive ketones (excluding diaryl/α,β-unsaturated/α-hetero) is 1. The molecule has 0 saturated carbocycles. The number of halogens is 2. The molecule has 0 N–H and O–H groups in total. The summed E-state index contributed by atoms with van der Waals surface area (Å²) in [6, 6.07) is 3.27. The molecule has 1 aromatic rings. The minimum Gasteiger partial charge on any atom is -0.338 e. The number of benzene rings is 1. The SMILES string of the molecule is CC(=O)C(=O)N1CCC2(CC1)CC(=O)N(Cc1cc(F)cc(F)c1)C2. The Morgan fingerprint density at radius 2 is 1.72 bits per heavy atom. The molecule has 1 spiro atoms. The monoisotopic (exact) mass is 350 g/mol. The molecule has 2 aliphatic rings. The molecule has 5 nitrogen and oxygen atoms in total. The number of hydrogen-bond acceptors (Lipinski definition) is 3. The number of nitrogens with zero attached hydrogens (tertiary/aromatic N) is 2. The Hall–Kier alpha value is -2.31. The number of hydrogen-bond donors (Lipinski definition) is 0.